The van der Waals surface area contributed by atoms with E-state index in [0.29, 0.717) is 12.6 Å². The second-order valence-corrected chi connectivity index (χ2v) is 3.95. The van der Waals surface area contributed by atoms with Crippen LogP contribution in [0.4, 0.5) is 0 Å². The number of nitrogens with zero attached hydrogens (tertiary/aromatic N) is 1. The smallest absolute Gasteiger partial charge is 0.0895 e. The molecule has 0 unspecified atom stereocenters. The van der Waals surface area contributed by atoms with Gasteiger partial charge in [-0.05, 0) is 32.5 Å². The number of hydrogen-bond donors (Lipinski definition) is 3. The van der Waals surface area contributed by atoms with E-state index in [1.165, 1.54) is 0 Å². The molecule has 0 amide bonds. The summed E-state index contributed by atoms with van der Waals surface area (Å²) < 4.78 is 0. The molecule has 1 fully saturated rings. The van der Waals surface area contributed by atoms with Gasteiger partial charge in [-0.3, -0.25) is 0 Å². The minimum Gasteiger partial charge on any atom is -0.394 e. The Morgan fingerprint density at radius 1 is 1.43 bits per heavy atom. The fourth-order valence-corrected chi connectivity index (χ4v) is 1.82. The third kappa shape index (κ3) is 3.92. The van der Waals surface area contributed by atoms with Crippen molar-refractivity contribution < 1.29 is 10.2 Å². The van der Waals surface area contributed by atoms with Gasteiger partial charge in [-0.2, -0.15) is 0 Å². The van der Waals surface area contributed by atoms with Gasteiger partial charge in [-0.15, -0.1) is 0 Å². The Labute approximate surface area is 85.9 Å². The maximum Gasteiger partial charge on any atom is 0.0895 e. The van der Waals surface area contributed by atoms with Crippen LogP contribution in [0.3, 0.4) is 0 Å². The van der Waals surface area contributed by atoms with Crippen molar-refractivity contribution in [2.45, 2.75) is 31.9 Å². The normalized spacial score (nSPS) is 22.5. The van der Waals surface area contributed by atoms with Gasteiger partial charge in [0.15, 0.2) is 0 Å². The molecule has 0 spiro atoms. The Hall–Kier alpha value is -0.160. The Morgan fingerprint density at radius 2 is 2.07 bits per heavy atom. The lowest BCUT2D eigenvalue weighted by atomic mass is 10.1. The molecule has 0 aromatic rings. The summed E-state index contributed by atoms with van der Waals surface area (Å²) in [5, 5.41) is 21.1. The summed E-state index contributed by atoms with van der Waals surface area (Å²) in [4.78, 5) is 2.43. The molecule has 1 aliphatic rings. The van der Waals surface area contributed by atoms with Crippen molar-refractivity contribution in [3.05, 3.63) is 0 Å². The zero-order valence-corrected chi connectivity index (χ0v) is 8.95. The molecule has 84 valence electrons. The molecule has 0 bridgehead atoms. The number of aliphatic hydroxyl groups excluding tert-OH is 2. The van der Waals surface area contributed by atoms with Crippen LogP contribution in [0.25, 0.3) is 0 Å². The van der Waals surface area contributed by atoms with Crippen LogP contribution in [-0.4, -0.2) is 60.0 Å². The summed E-state index contributed by atoms with van der Waals surface area (Å²) in [6, 6.07) is 0.513. The maximum absolute atomic E-state index is 9.16. The summed E-state index contributed by atoms with van der Waals surface area (Å²) >= 11 is 0. The predicted octanol–water partition coefficient (Wildman–Crippen LogP) is -0.586. The minimum atomic E-state index is -0.612. The van der Waals surface area contributed by atoms with Crippen LogP contribution in [-0.2, 0) is 0 Å². The van der Waals surface area contributed by atoms with Gasteiger partial charge in [0.2, 0.25) is 0 Å². The summed E-state index contributed by atoms with van der Waals surface area (Å²) in [6.07, 6.45) is 1.68. The molecule has 0 radical (unpaired) electrons. The highest BCUT2D eigenvalue weighted by Gasteiger charge is 2.17. The van der Waals surface area contributed by atoms with E-state index in [-0.39, 0.29) is 6.61 Å². The Bertz CT molecular complexity index is 147. The van der Waals surface area contributed by atoms with E-state index in [2.05, 4.69) is 17.1 Å². The monoisotopic (exact) mass is 202 g/mol. The first kappa shape index (κ1) is 11.9. The number of rotatable bonds is 5. The number of hydrogen-bond acceptors (Lipinski definition) is 4. The maximum atomic E-state index is 9.16. The third-order valence-corrected chi connectivity index (χ3v) is 2.89. The third-order valence-electron chi connectivity index (χ3n) is 2.89. The molecule has 3 N–H and O–H groups in total. The molecule has 1 heterocycles. The predicted molar refractivity (Wildman–Crippen MR) is 56.2 cm³/mol. The van der Waals surface area contributed by atoms with Crippen LogP contribution in [0.15, 0.2) is 0 Å². The molecular weight excluding hydrogens is 180 g/mol. The van der Waals surface area contributed by atoms with Crippen LogP contribution < -0.4 is 5.32 Å². The lowest BCUT2D eigenvalue weighted by molar-refractivity contribution is 0.0879. The Balaban J connectivity index is 2.10. The molecule has 14 heavy (non-hydrogen) atoms. The van der Waals surface area contributed by atoms with E-state index >= 15 is 0 Å². The van der Waals surface area contributed by atoms with Crippen molar-refractivity contribution in [1.29, 1.82) is 0 Å². The van der Waals surface area contributed by atoms with E-state index in [9.17, 15) is 0 Å². The largest absolute Gasteiger partial charge is 0.394 e. The molecule has 1 saturated heterocycles. The first-order valence-electron chi connectivity index (χ1n) is 5.51. The van der Waals surface area contributed by atoms with Crippen LogP contribution in [0.5, 0.6) is 0 Å². The van der Waals surface area contributed by atoms with Gasteiger partial charge in [0, 0.05) is 12.6 Å². The zero-order chi connectivity index (χ0) is 10.4. The van der Waals surface area contributed by atoms with E-state index < -0.39 is 6.10 Å². The van der Waals surface area contributed by atoms with Crippen LogP contribution in [0, 0.1) is 0 Å². The first-order valence-corrected chi connectivity index (χ1v) is 5.51. The lowest BCUT2D eigenvalue weighted by Crippen LogP contribution is -2.44. The molecule has 1 rings (SSSR count). The zero-order valence-electron chi connectivity index (χ0n) is 8.95. The van der Waals surface area contributed by atoms with Gasteiger partial charge >= 0.3 is 0 Å². The quantitative estimate of drug-likeness (QED) is 0.558. The van der Waals surface area contributed by atoms with E-state index in [1.807, 2.05) is 0 Å². The van der Waals surface area contributed by atoms with Crippen LogP contribution >= 0.6 is 0 Å². The number of likely N-dealkylation sites (tertiary alicyclic amines) is 1. The number of piperidine rings is 1. The fourth-order valence-electron chi connectivity index (χ4n) is 1.82. The molecule has 0 aliphatic carbocycles. The highest BCUT2D eigenvalue weighted by molar-refractivity contribution is 4.77. The molecule has 1 atom stereocenters. The second-order valence-electron chi connectivity index (χ2n) is 3.95. The highest BCUT2D eigenvalue weighted by Crippen LogP contribution is 2.09. The average molecular weight is 202 g/mol. The summed E-state index contributed by atoms with van der Waals surface area (Å²) in [5.74, 6) is 0. The van der Waals surface area contributed by atoms with Gasteiger partial charge in [0.05, 0.1) is 12.7 Å². The highest BCUT2D eigenvalue weighted by atomic mass is 16.3. The van der Waals surface area contributed by atoms with Gasteiger partial charge < -0.3 is 20.4 Å². The van der Waals surface area contributed by atoms with E-state index in [1.54, 1.807) is 0 Å². The molecule has 0 aromatic heterocycles. The molecular formula is C10H22N2O2. The molecule has 4 heteroatoms. The van der Waals surface area contributed by atoms with Gasteiger partial charge in [-0.1, -0.05) is 6.92 Å². The average Bonchev–Trinajstić information content (AvgIpc) is 2.26. The van der Waals surface area contributed by atoms with Gasteiger partial charge in [-0.25, -0.2) is 0 Å². The second kappa shape index (κ2) is 6.35. The SMILES string of the molecule is CCN1CCC(NC[C@@H](O)CO)CC1. The number of nitrogens with one attached hydrogen (secondary N) is 1. The van der Waals surface area contributed by atoms with Crippen LogP contribution in [0.1, 0.15) is 19.8 Å². The number of aliphatic hydroxyl groups is 2. The van der Waals surface area contributed by atoms with Crippen LogP contribution in [0.2, 0.25) is 0 Å². The van der Waals surface area contributed by atoms with Crippen molar-refractivity contribution >= 4 is 0 Å². The molecule has 0 saturated carbocycles. The minimum absolute atomic E-state index is 0.152. The summed E-state index contributed by atoms with van der Waals surface area (Å²) in [5.41, 5.74) is 0. The van der Waals surface area contributed by atoms with Crippen molar-refractivity contribution in [2.24, 2.45) is 0 Å². The Morgan fingerprint density at radius 3 is 2.57 bits per heavy atom. The molecule has 1 aliphatic heterocycles. The van der Waals surface area contributed by atoms with Crippen molar-refractivity contribution in [1.82, 2.24) is 10.2 Å². The standard InChI is InChI=1S/C10H22N2O2/c1-2-12-5-3-9(4-6-12)11-7-10(14)8-13/h9-11,13-14H,2-8H2,1H3/t10-/m1/s1. The van der Waals surface area contributed by atoms with E-state index in [4.69, 9.17) is 10.2 Å². The van der Waals surface area contributed by atoms with Gasteiger partial charge in [0.25, 0.3) is 0 Å². The lowest BCUT2D eigenvalue weighted by Gasteiger charge is -2.31. The topological polar surface area (TPSA) is 55.7 Å². The van der Waals surface area contributed by atoms with Gasteiger partial charge in [0.1, 0.15) is 0 Å². The van der Waals surface area contributed by atoms with Crippen molar-refractivity contribution in [3.8, 4) is 0 Å². The summed E-state index contributed by atoms with van der Waals surface area (Å²) in [6.45, 7) is 5.95. The van der Waals surface area contributed by atoms with E-state index in [0.717, 1.165) is 32.5 Å². The molecule has 4 nitrogen and oxygen atoms in total. The Kier molecular flexibility index (Phi) is 5.40. The fraction of sp³-hybridized carbons (Fsp3) is 1.00. The molecule has 0 aromatic carbocycles. The van der Waals surface area contributed by atoms with Crippen molar-refractivity contribution in [2.75, 3.05) is 32.8 Å². The van der Waals surface area contributed by atoms with Crippen molar-refractivity contribution in [3.63, 3.8) is 0 Å². The first-order chi connectivity index (χ1) is 6.76. The summed E-state index contributed by atoms with van der Waals surface area (Å²) in [7, 11) is 0.